The Bertz CT molecular complexity index is 2380. The second-order valence-electron chi connectivity index (χ2n) is 15.0. The monoisotopic (exact) mass is 968 g/mol. The van der Waals surface area contributed by atoms with Gasteiger partial charge in [0.25, 0.3) is 0 Å². The average molecular weight is 970 g/mol. The minimum absolute atomic E-state index is 0.0407. The van der Waals surface area contributed by atoms with Crippen LogP contribution in [0.4, 0.5) is 8.78 Å². The van der Waals surface area contributed by atoms with Gasteiger partial charge in [0.1, 0.15) is 38.8 Å². The molecule has 0 aromatic heterocycles. The number of carboxylic acids is 1. The van der Waals surface area contributed by atoms with Crippen LogP contribution in [0.25, 0.3) is 0 Å². The normalized spacial score (nSPS) is 13.2. The highest BCUT2D eigenvalue weighted by Crippen LogP contribution is 2.44. The van der Waals surface area contributed by atoms with E-state index in [1.54, 1.807) is 53.0 Å². The number of phenolic OH excluding ortho intramolecular Hbond substituents is 1. The highest BCUT2D eigenvalue weighted by Gasteiger charge is 2.35. The molecule has 3 aromatic carbocycles. The van der Waals surface area contributed by atoms with Crippen molar-refractivity contribution >= 4 is 39.8 Å². The molecule has 0 saturated carbocycles. The van der Waals surface area contributed by atoms with Crippen molar-refractivity contribution in [1.82, 2.24) is 0 Å². The molecule has 1 atom stereocenters. The molecule has 0 amide bonds. The molecule has 3 aromatic rings. The largest absolute Gasteiger partial charge is 0.511 e. The smallest absolute Gasteiger partial charge is 0.347 e. The van der Waals surface area contributed by atoms with Gasteiger partial charge in [-0.3, -0.25) is 4.79 Å². The maximum Gasteiger partial charge on any atom is 0.347 e. The Balaban J connectivity index is 0.00000131. The van der Waals surface area contributed by atoms with Crippen LogP contribution < -0.4 is 14.2 Å². The molecular formula is C50H59BrF2O12. The van der Waals surface area contributed by atoms with Gasteiger partial charge in [-0.1, -0.05) is 33.1 Å². The topological polar surface area (TPSA) is 175 Å². The number of hydrogen-bond acceptors (Lipinski definition) is 11. The first-order valence-corrected chi connectivity index (χ1v) is 21.4. The minimum Gasteiger partial charge on any atom is -0.511 e. The number of benzene rings is 3. The molecule has 65 heavy (non-hydrogen) atoms. The number of hydrogen-bond donors (Lipinski definition) is 3. The SMILES string of the molecule is C=C/C=C/OC(C)C.C=C1C=C(O)C(C(=O)Oc2c(C)c(C)c(C(=O)Oc3cc(C)c(C(=O)Oc4c(C)c(C)c(C(=O)O)c(C)c4C)c(C)c3CCC(F)F)c(O)c2Br)C(OC)=C1.CC. The first kappa shape index (κ1) is 54.9. The number of carboxylic acid groups (broad SMARTS) is 1. The molecule has 0 saturated heterocycles. The molecule has 0 fully saturated rings. The number of aryl methyl sites for hydroxylation is 1. The molecule has 12 nitrogen and oxygen atoms in total. The fourth-order valence-electron chi connectivity index (χ4n) is 6.85. The number of aromatic carboxylic acids is 1. The molecule has 0 radical (unpaired) electrons. The quantitative estimate of drug-likeness (QED) is 0.0604. The van der Waals surface area contributed by atoms with Crippen LogP contribution in [0.5, 0.6) is 23.0 Å². The van der Waals surface area contributed by atoms with Gasteiger partial charge in [0, 0.05) is 6.42 Å². The Hall–Kier alpha value is -6.22. The summed E-state index contributed by atoms with van der Waals surface area (Å²) in [7, 11) is 1.31. The second kappa shape index (κ2) is 24.2. The number of halogens is 3. The summed E-state index contributed by atoms with van der Waals surface area (Å²) < 4.78 is 54.5. The van der Waals surface area contributed by atoms with Crippen molar-refractivity contribution in [1.29, 1.82) is 0 Å². The van der Waals surface area contributed by atoms with Crippen LogP contribution in [-0.2, 0) is 20.7 Å². The van der Waals surface area contributed by atoms with Crippen molar-refractivity contribution < 1.29 is 67.0 Å². The Labute approximate surface area is 388 Å². The van der Waals surface area contributed by atoms with Crippen LogP contribution >= 0.6 is 15.9 Å². The van der Waals surface area contributed by atoms with E-state index >= 15 is 0 Å². The number of aliphatic hydroxyl groups is 1. The predicted molar refractivity (Wildman–Crippen MR) is 249 cm³/mol. The van der Waals surface area contributed by atoms with E-state index < -0.39 is 48.4 Å². The minimum atomic E-state index is -2.73. The molecule has 15 heteroatoms. The number of carbonyl (C=O) groups excluding carboxylic acids is 3. The number of ether oxygens (including phenoxy) is 5. The average Bonchev–Trinajstić information content (AvgIpc) is 3.22. The van der Waals surface area contributed by atoms with E-state index in [1.807, 2.05) is 27.7 Å². The first-order valence-electron chi connectivity index (χ1n) is 20.6. The fourth-order valence-corrected chi connectivity index (χ4v) is 7.43. The summed E-state index contributed by atoms with van der Waals surface area (Å²) in [5, 5.41) is 31.4. The second-order valence-corrected chi connectivity index (χ2v) is 15.8. The Morgan fingerprint density at radius 2 is 1.34 bits per heavy atom. The van der Waals surface area contributed by atoms with Crippen molar-refractivity contribution in [3.05, 3.63) is 138 Å². The Morgan fingerprint density at radius 3 is 1.85 bits per heavy atom. The van der Waals surface area contributed by atoms with Gasteiger partial charge in [0.2, 0.25) is 6.43 Å². The zero-order chi connectivity index (χ0) is 49.8. The lowest BCUT2D eigenvalue weighted by Crippen LogP contribution is -2.27. The summed E-state index contributed by atoms with van der Waals surface area (Å²) in [5.74, 6) is -6.36. The van der Waals surface area contributed by atoms with Crippen LogP contribution in [0.15, 0.2) is 71.4 Å². The zero-order valence-corrected chi connectivity index (χ0v) is 40.8. The van der Waals surface area contributed by atoms with Crippen molar-refractivity contribution in [3.63, 3.8) is 0 Å². The van der Waals surface area contributed by atoms with E-state index in [1.165, 1.54) is 46.1 Å². The summed E-state index contributed by atoms with van der Waals surface area (Å²) in [6.45, 7) is 27.7. The van der Waals surface area contributed by atoms with E-state index in [2.05, 4.69) is 29.1 Å². The number of esters is 3. The molecule has 352 valence electrons. The molecule has 4 rings (SSSR count). The molecule has 0 bridgehead atoms. The lowest BCUT2D eigenvalue weighted by Gasteiger charge is -2.23. The van der Waals surface area contributed by atoms with Gasteiger partial charge in [-0.15, -0.1) is 0 Å². The lowest BCUT2D eigenvalue weighted by atomic mass is 9.92. The fraction of sp³-hybridized carbons (Fsp3) is 0.360. The van der Waals surface area contributed by atoms with Crippen LogP contribution in [0.1, 0.15) is 115 Å². The van der Waals surface area contributed by atoms with E-state index in [9.17, 15) is 43.3 Å². The van der Waals surface area contributed by atoms with Crippen molar-refractivity contribution in [2.24, 2.45) is 5.92 Å². The number of alkyl halides is 2. The third kappa shape index (κ3) is 13.0. The standard InChI is InChI=1S/C41H41BrF2O11.C7H12O.C2H6/c1-16-13-26(45)33(28(14-16)52-10)41(51)55-37-23(8)20(5)32(35(46)34(37)42)40(50)53-27-15-17(2)30(24(9)25(27)11-12-29(43)44)39(49)54-36-21(6)18(3)31(38(47)48)19(4)22(36)7;1-4-5-6-8-7(2)3;1-2/h13-15,29,33,45-46H,1,11-12H2,2-10H3,(H,47,48);4-7H,1H2,2-3H3;1-2H3/b;6-5+;. The highest BCUT2D eigenvalue weighted by atomic mass is 79.9. The van der Waals surface area contributed by atoms with Gasteiger partial charge in [-0.05, 0) is 172 Å². The van der Waals surface area contributed by atoms with Gasteiger partial charge >= 0.3 is 23.9 Å². The molecule has 3 N–H and O–H groups in total. The number of carbonyl (C=O) groups is 4. The van der Waals surface area contributed by atoms with Crippen molar-refractivity contribution in [2.45, 2.75) is 108 Å². The summed E-state index contributed by atoms with van der Waals surface area (Å²) in [5.41, 5.74) is 2.95. The number of rotatable bonds is 14. The van der Waals surface area contributed by atoms with E-state index in [0.29, 0.717) is 27.8 Å². The molecule has 0 heterocycles. The van der Waals surface area contributed by atoms with E-state index in [4.69, 9.17) is 23.7 Å². The van der Waals surface area contributed by atoms with Crippen LogP contribution in [0.3, 0.4) is 0 Å². The van der Waals surface area contributed by atoms with Gasteiger partial charge in [-0.2, -0.15) is 0 Å². The Morgan fingerprint density at radius 1 is 0.800 bits per heavy atom. The third-order valence-corrected chi connectivity index (χ3v) is 11.2. The highest BCUT2D eigenvalue weighted by molar-refractivity contribution is 9.10. The van der Waals surface area contributed by atoms with Gasteiger partial charge in [-0.25, -0.2) is 23.2 Å². The first-order chi connectivity index (χ1) is 30.4. The maximum absolute atomic E-state index is 13.8. The van der Waals surface area contributed by atoms with Gasteiger partial charge in [0.05, 0.1) is 30.6 Å². The number of aliphatic hydroxyl groups excluding tert-OH is 1. The zero-order valence-electron chi connectivity index (χ0n) is 39.2. The van der Waals surface area contributed by atoms with E-state index in [-0.39, 0.29) is 90.3 Å². The molecule has 0 aliphatic heterocycles. The van der Waals surface area contributed by atoms with Crippen LogP contribution in [-0.4, -0.2) is 58.8 Å². The van der Waals surface area contributed by atoms with Gasteiger partial charge in [0.15, 0.2) is 11.7 Å². The number of aromatic hydroxyl groups is 1. The molecular weight excluding hydrogens is 910 g/mol. The predicted octanol–water partition coefficient (Wildman–Crippen LogP) is 12.2. The van der Waals surface area contributed by atoms with Crippen LogP contribution in [0, 0.1) is 61.3 Å². The number of allylic oxidation sites excluding steroid dienone is 5. The third-order valence-electron chi connectivity index (χ3n) is 10.5. The summed E-state index contributed by atoms with van der Waals surface area (Å²) in [6.07, 6.45) is 4.42. The number of phenols is 1. The maximum atomic E-state index is 13.8. The summed E-state index contributed by atoms with van der Waals surface area (Å²) >= 11 is 3.20. The summed E-state index contributed by atoms with van der Waals surface area (Å²) in [6, 6.07) is 1.34. The van der Waals surface area contributed by atoms with Crippen molar-refractivity contribution in [3.8, 4) is 23.0 Å². The molecule has 0 spiro atoms. The summed E-state index contributed by atoms with van der Waals surface area (Å²) in [4.78, 5) is 52.8. The Kier molecular flexibility index (Phi) is 20.4. The van der Waals surface area contributed by atoms with Crippen molar-refractivity contribution in [2.75, 3.05) is 7.11 Å². The van der Waals surface area contributed by atoms with Gasteiger partial charge < -0.3 is 39.0 Å². The molecule has 1 aliphatic carbocycles. The van der Waals surface area contributed by atoms with E-state index in [0.717, 1.165) is 0 Å². The van der Waals surface area contributed by atoms with Crippen LogP contribution in [0.2, 0.25) is 0 Å². The molecule has 1 aliphatic rings. The lowest BCUT2D eigenvalue weighted by molar-refractivity contribution is -0.138. The molecule has 1 unspecified atom stereocenters. The number of methoxy groups -OCH3 is 1.